The minimum atomic E-state index is -4.34. The van der Waals surface area contributed by atoms with Crippen molar-refractivity contribution in [3.63, 3.8) is 0 Å². The van der Waals surface area contributed by atoms with Gasteiger partial charge in [-0.2, -0.15) is 13.2 Å². The molecule has 1 fully saturated rings. The van der Waals surface area contributed by atoms with Crippen molar-refractivity contribution in [2.24, 2.45) is 0 Å². The van der Waals surface area contributed by atoms with E-state index in [0.29, 0.717) is 6.42 Å². The van der Waals surface area contributed by atoms with Gasteiger partial charge < -0.3 is 4.74 Å². The number of rotatable bonds is 3. The maximum atomic E-state index is 12.8. The van der Waals surface area contributed by atoms with Crippen molar-refractivity contribution < 1.29 is 22.7 Å². The molecule has 4 rings (SSSR count). The molecule has 2 aromatic rings. The molecule has 2 atom stereocenters. The summed E-state index contributed by atoms with van der Waals surface area (Å²) >= 11 is 0. The van der Waals surface area contributed by atoms with E-state index in [2.05, 4.69) is 0 Å². The van der Waals surface area contributed by atoms with Gasteiger partial charge in [0.1, 0.15) is 6.61 Å². The minimum absolute atomic E-state index is 0.0133. The van der Waals surface area contributed by atoms with Crippen molar-refractivity contribution in [2.75, 3.05) is 0 Å². The lowest BCUT2D eigenvalue weighted by atomic mass is 9.83. The Kier molecular flexibility index (Phi) is 5.35. The predicted molar refractivity (Wildman–Crippen MR) is 104 cm³/mol. The van der Waals surface area contributed by atoms with Gasteiger partial charge in [-0.25, -0.2) is 4.79 Å². The van der Waals surface area contributed by atoms with Gasteiger partial charge in [-0.1, -0.05) is 48.5 Å². The Bertz CT molecular complexity index is 891. The summed E-state index contributed by atoms with van der Waals surface area (Å²) in [5, 5.41) is 0. The van der Waals surface area contributed by atoms with Crippen LogP contribution in [0.5, 0.6) is 0 Å². The Labute approximate surface area is 167 Å². The number of halogens is 3. The third-order valence-corrected chi connectivity index (χ3v) is 5.64. The van der Waals surface area contributed by atoms with E-state index in [1.807, 2.05) is 36.4 Å². The topological polar surface area (TPSA) is 29.5 Å². The normalized spacial score (nSPS) is 21.5. The average molecular weight is 401 g/mol. The fourth-order valence-electron chi connectivity index (χ4n) is 4.20. The van der Waals surface area contributed by atoms with E-state index >= 15 is 0 Å². The molecule has 0 aromatic heterocycles. The summed E-state index contributed by atoms with van der Waals surface area (Å²) in [5.74, 6) is 0. The predicted octanol–water partition coefficient (Wildman–Crippen LogP) is 6.05. The smallest absolute Gasteiger partial charge is 0.416 e. The van der Waals surface area contributed by atoms with E-state index in [-0.39, 0.29) is 24.8 Å². The summed E-state index contributed by atoms with van der Waals surface area (Å²) in [6.07, 6.45) is 0.704. The van der Waals surface area contributed by atoms with E-state index in [4.69, 9.17) is 4.74 Å². The van der Waals surface area contributed by atoms with E-state index in [1.54, 1.807) is 4.90 Å². The first-order chi connectivity index (χ1) is 13.9. The van der Waals surface area contributed by atoms with E-state index < -0.39 is 11.7 Å². The highest BCUT2D eigenvalue weighted by molar-refractivity contribution is 5.74. The van der Waals surface area contributed by atoms with E-state index in [0.717, 1.165) is 48.1 Å². The first kappa shape index (κ1) is 19.6. The molecule has 29 heavy (non-hydrogen) atoms. The third-order valence-electron chi connectivity index (χ3n) is 5.64. The maximum absolute atomic E-state index is 12.8. The third kappa shape index (κ3) is 4.31. The fourth-order valence-corrected chi connectivity index (χ4v) is 4.20. The summed E-state index contributed by atoms with van der Waals surface area (Å²) in [6.45, 7) is 0.227. The van der Waals surface area contributed by atoms with Crippen LogP contribution in [0.15, 0.2) is 60.7 Å². The van der Waals surface area contributed by atoms with Gasteiger partial charge in [-0.15, -0.1) is 0 Å². The van der Waals surface area contributed by atoms with Gasteiger partial charge >= 0.3 is 12.3 Å². The van der Waals surface area contributed by atoms with Crippen LogP contribution < -0.4 is 0 Å². The van der Waals surface area contributed by atoms with Crippen LogP contribution in [0.3, 0.4) is 0 Å². The number of benzene rings is 2. The molecule has 0 spiro atoms. The Morgan fingerprint density at radius 2 is 1.76 bits per heavy atom. The molecule has 2 aromatic carbocycles. The first-order valence-corrected chi connectivity index (χ1v) is 9.79. The standard InChI is InChI=1S/C23H22F3NO2/c24-23(25,26)19-11-9-17(10-12-19)18-13-20-7-4-8-21(14-18)27(20)22(28)29-15-16-5-2-1-3-6-16/h1-3,5-6,9-13,20-21H,4,7-8,14-15H2. The lowest BCUT2D eigenvalue weighted by molar-refractivity contribution is -0.137. The maximum Gasteiger partial charge on any atom is 0.416 e. The van der Waals surface area contributed by atoms with Gasteiger partial charge in [0, 0.05) is 6.04 Å². The molecule has 0 N–H and O–H groups in total. The van der Waals surface area contributed by atoms with Gasteiger partial charge in [0.2, 0.25) is 0 Å². The Hall–Kier alpha value is -2.76. The highest BCUT2D eigenvalue weighted by Gasteiger charge is 2.38. The lowest BCUT2D eigenvalue weighted by Crippen LogP contribution is -2.51. The summed E-state index contributed by atoms with van der Waals surface area (Å²) < 4.78 is 44.0. The van der Waals surface area contributed by atoms with Crippen LogP contribution in [0.2, 0.25) is 0 Å². The zero-order valence-corrected chi connectivity index (χ0v) is 15.9. The molecule has 0 aliphatic carbocycles. The largest absolute Gasteiger partial charge is 0.445 e. The van der Waals surface area contributed by atoms with Crippen LogP contribution in [-0.4, -0.2) is 23.1 Å². The summed E-state index contributed by atoms with van der Waals surface area (Å²) in [6, 6.07) is 14.7. The lowest BCUT2D eigenvalue weighted by Gasteiger charge is -2.44. The second kappa shape index (κ2) is 7.93. The average Bonchev–Trinajstić information content (AvgIpc) is 2.71. The van der Waals surface area contributed by atoms with Crippen molar-refractivity contribution in [1.29, 1.82) is 0 Å². The Morgan fingerprint density at radius 3 is 2.41 bits per heavy atom. The van der Waals surface area contributed by atoms with Crippen LogP contribution in [0.1, 0.15) is 42.4 Å². The summed E-state index contributed by atoms with van der Waals surface area (Å²) in [5.41, 5.74) is 2.07. The number of carbonyl (C=O) groups is 1. The molecule has 1 saturated heterocycles. The van der Waals surface area contributed by atoms with Crippen molar-refractivity contribution >= 4 is 11.7 Å². The molecule has 6 heteroatoms. The SMILES string of the molecule is O=C(OCc1ccccc1)N1C2C=C(c3ccc(C(F)(F)F)cc3)CC1CCC2. The number of ether oxygens (including phenoxy) is 1. The Morgan fingerprint density at radius 1 is 1.03 bits per heavy atom. The van der Waals surface area contributed by atoms with Crippen LogP contribution in [-0.2, 0) is 17.5 Å². The molecule has 0 saturated carbocycles. The molecule has 2 bridgehead atoms. The van der Waals surface area contributed by atoms with Gasteiger partial charge in [-0.05, 0) is 54.5 Å². The molecule has 152 valence electrons. The molecular weight excluding hydrogens is 379 g/mol. The van der Waals surface area contributed by atoms with E-state index in [9.17, 15) is 18.0 Å². The molecular formula is C23H22F3NO2. The molecule has 3 nitrogen and oxygen atoms in total. The van der Waals surface area contributed by atoms with Crippen molar-refractivity contribution in [3.05, 3.63) is 77.4 Å². The number of piperidine rings is 1. The second-order valence-electron chi connectivity index (χ2n) is 7.57. The number of hydrogen-bond donors (Lipinski definition) is 0. The Balaban J connectivity index is 1.49. The molecule has 1 amide bonds. The van der Waals surface area contributed by atoms with E-state index in [1.165, 1.54) is 12.1 Å². The molecule has 2 heterocycles. The number of amides is 1. The van der Waals surface area contributed by atoms with Crippen LogP contribution >= 0.6 is 0 Å². The highest BCUT2D eigenvalue weighted by Crippen LogP contribution is 2.38. The van der Waals surface area contributed by atoms with Gasteiger partial charge in [0.25, 0.3) is 0 Å². The molecule has 2 aliphatic heterocycles. The second-order valence-corrected chi connectivity index (χ2v) is 7.57. The molecule has 2 unspecified atom stereocenters. The zero-order valence-electron chi connectivity index (χ0n) is 15.9. The highest BCUT2D eigenvalue weighted by atomic mass is 19.4. The monoisotopic (exact) mass is 401 g/mol. The number of alkyl halides is 3. The number of carbonyl (C=O) groups excluding carboxylic acids is 1. The van der Waals surface area contributed by atoms with Gasteiger partial charge in [0.15, 0.2) is 0 Å². The van der Waals surface area contributed by atoms with Crippen molar-refractivity contribution in [2.45, 2.75) is 50.6 Å². The van der Waals surface area contributed by atoms with Gasteiger partial charge in [-0.3, -0.25) is 4.90 Å². The van der Waals surface area contributed by atoms with Crippen LogP contribution in [0.25, 0.3) is 5.57 Å². The van der Waals surface area contributed by atoms with Crippen LogP contribution in [0, 0.1) is 0 Å². The minimum Gasteiger partial charge on any atom is -0.445 e. The zero-order chi connectivity index (χ0) is 20.4. The number of nitrogens with zero attached hydrogens (tertiary/aromatic N) is 1. The molecule has 0 radical (unpaired) electrons. The molecule has 2 aliphatic rings. The van der Waals surface area contributed by atoms with Crippen LogP contribution in [0.4, 0.5) is 18.0 Å². The number of fused-ring (bicyclic) bond motifs is 2. The fraction of sp³-hybridized carbons (Fsp3) is 0.348. The first-order valence-electron chi connectivity index (χ1n) is 9.79. The summed E-state index contributed by atoms with van der Waals surface area (Å²) in [4.78, 5) is 14.5. The van der Waals surface area contributed by atoms with Crippen molar-refractivity contribution in [1.82, 2.24) is 4.90 Å². The van der Waals surface area contributed by atoms with Gasteiger partial charge in [0.05, 0.1) is 11.6 Å². The van der Waals surface area contributed by atoms with Crippen molar-refractivity contribution in [3.8, 4) is 0 Å². The quantitative estimate of drug-likeness (QED) is 0.626. The number of hydrogen-bond acceptors (Lipinski definition) is 2. The summed E-state index contributed by atoms with van der Waals surface area (Å²) in [7, 11) is 0.